The van der Waals surface area contributed by atoms with Crippen LogP contribution in [0.2, 0.25) is 0 Å². The number of esters is 1. The molecule has 0 aromatic heterocycles. The number of thioether (sulfide) groups is 1. The summed E-state index contributed by atoms with van der Waals surface area (Å²) in [6, 6.07) is 11.6. The van der Waals surface area contributed by atoms with Crippen LogP contribution in [0.1, 0.15) is 5.56 Å². The van der Waals surface area contributed by atoms with E-state index in [2.05, 4.69) is 5.32 Å². The minimum absolute atomic E-state index is 0.0319. The number of nitro groups is 1. The van der Waals surface area contributed by atoms with Gasteiger partial charge in [-0.15, -0.1) is 11.8 Å². The highest BCUT2D eigenvalue weighted by Gasteiger charge is 2.18. The number of rotatable bonds is 8. The fraction of sp³-hybridized carbons (Fsp3) is 0.222. The maximum absolute atomic E-state index is 12.0. The zero-order valence-electron chi connectivity index (χ0n) is 14.8. The standard InChI is InChI=1S/C18H18N2O6S/c1-12-4-3-5-15(20(23)24)18(12)19-16(21)10-26-17(22)11-27-14-8-6-13(25-2)7-9-14/h3-9H,10-11H2,1-2H3,(H,19,21). The molecule has 142 valence electrons. The summed E-state index contributed by atoms with van der Waals surface area (Å²) in [6.07, 6.45) is 0. The van der Waals surface area contributed by atoms with Gasteiger partial charge in [-0.1, -0.05) is 12.1 Å². The molecule has 2 aromatic rings. The molecule has 1 amide bonds. The van der Waals surface area contributed by atoms with Gasteiger partial charge in [0.1, 0.15) is 11.4 Å². The fourth-order valence-corrected chi connectivity index (χ4v) is 2.84. The van der Waals surface area contributed by atoms with E-state index in [1.165, 1.54) is 23.9 Å². The lowest BCUT2D eigenvalue weighted by Crippen LogP contribution is -2.22. The Morgan fingerprint density at radius 1 is 1.19 bits per heavy atom. The number of carbonyl (C=O) groups excluding carboxylic acids is 2. The molecule has 2 aromatic carbocycles. The van der Waals surface area contributed by atoms with Gasteiger partial charge in [-0.05, 0) is 36.8 Å². The van der Waals surface area contributed by atoms with E-state index in [9.17, 15) is 19.7 Å². The molecule has 0 aliphatic rings. The van der Waals surface area contributed by atoms with Crippen molar-refractivity contribution in [2.24, 2.45) is 0 Å². The molecule has 1 N–H and O–H groups in total. The predicted molar refractivity (Wildman–Crippen MR) is 101 cm³/mol. The van der Waals surface area contributed by atoms with Gasteiger partial charge in [0, 0.05) is 11.0 Å². The highest BCUT2D eigenvalue weighted by molar-refractivity contribution is 8.00. The number of hydrogen-bond acceptors (Lipinski definition) is 7. The van der Waals surface area contributed by atoms with Crippen LogP contribution in [0.5, 0.6) is 5.75 Å². The maximum atomic E-state index is 12.0. The predicted octanol–water partition coefficient (Wildman–Crippen LogP) is 3.19. The third kappa shape index (κ3) is 6.00. The number of carbonyl (C=O) groups is 2. The van der Waals surface area contributed by atoms with Crippen molar-refractivity contribution in [3.8, 4) is 5.75 Å². The Hall–Kier alpha value is -3.07. The van der Waals surface area contributed by atoms with Crippen LogP contribution in [-0.4, -0.2) is 36.3 Å². The second-order valence-electron chi connectivity index (χ2n) is 5.40. The number of para-hydroxylation sites is 1. The molecule has 0 fully saturated rings. The normalized spacial score (nSPS) is 10.1. The lowest BCUT2D eigenvalue weighted by atomic mass is 10.1. The van der Waals surface area contributed by atoms with Crippen LogP contribution < -0.4 is 10.1 Å². The van der Waals surface area contributed by atoms with Gasteiger partial charge < -0.3 is 14.8 Å². The summed E-state index contributed by atoms with van der Waals surface area (Å²) in [5.74, 6) is -0.464. The van der Waals surface area contributed by atoms with Crippen LogP contribution in [0.3, 0.4) is 0 Å². The molecule has 0 spiro atoms. The first kappa shape index (κ1) is 20.2. The highest BCUT2D eigenvalue weighted by atomic mass is 32.2. The summed E-state index contributed by atoms with van der Waals surface area (Å²) in [7, 11) is 1.57. The van der Waals surface area contributed by atoms with Gasteiger partial charge in [-0.25, -0.2) is 0 Å². The van der Waals surface area contributed by atoms with Gasteiger partial charge in [-0.2, -0.15) is 0 Å². The van der Waals surface area contributed by atoms with Gasteiger partial charge >= 0.3 is 5.97 Å². The van der Waals surface area contributed by atoms with Crippen molar-refractivity contribution in [2.75, 3.05) is 24.8 Å². The van der Waals surface area contributed by atoms with Gasteiger partial charge in [-0.3, -0.25) is 19.7 Å². The Morgan fingerprint density at radius 2 is 1.89 bits per heavy atom. The average molecular weight is 390 g/mol. The first-order valence-electron chi connectivity index (χ1n) is 7.87. The van der Waals surface area contributed by atoms with Crippen LogP contribution in [-0.2, 0) is 14.3 Å². The molecule has 0 aliphatic carbocycles. The number of nitrogens with zero attached hydrogens (tertiary/aromatic N) is 1. The van der Waals surface area contributed by atoms with E-state index in [1.807, 2.05) is 0 Å². The van der Waals surface area contributed by atoms with Crippen molar-refractivity contribution in [2.45, 2.75) is 11.8 Å². The van der Waals surface area contributed by atoms with E-state index in [0.29, 0.717) is 11.3 Å². The van der Waals surface area contributed by atoms with Crippen molar-refractivity contribution in [3.05, 3.63) is 58.1 Å². The van der Waals surface area contributed by atoms with Crippen LogP contribution in [0.15, 0.2) is 47.4 Å². The summed E-state index contributed by atoms with van der Waals surface area (Å²) in [5.41, 5.74) is 0.417. The van der Waals surface area contributed by atoms with E-state index >= 15 is 0 Å². The second kappa shape index (κ2) is 9.58. The van der Waals surface area contributed by atoms with E-state index in [0.717, 1.165) is 4.90 Å². The Balaban J connectivity index is 1.83. The molecule has 0 radical (unpaired) electrons. The van der Waals surface area contributed by atoms with Gasteiger partial charge in [0.2, 0.25) is 0 Å². The molecule has 8 nitrogen and oxygen atoms in total. The molecule has 2 rings (SSSR count). The summed E-state index contributed by atoms with van der Waals surface area (Å²) in [6.45, 7) is 1.12. The highest BCUT2D eigenvalue weighted by Crippen LogP contribution is 2.27. The van der Waals surface area contributed by atoms with E-state index in [-0.39, 0.29) is 17.1 Å². The monoisotopic (exact) mass is 390 g/mol. The summed E-state index contributed by atoms with van der Waals surface area (Å²) in [4.78, 5) is 35.1. The molecular weight excluding hydrogens is 372 g/mol. The fourth-order valence-electron chi connectivity index (χ4n) is 2.14. The molecule has 0 saturated carbocycles. The largest absolute Gasteiger partial charge is 0.497 e. The zero-order valence-corrected chi connectivity index (χ0v) is 15.6. The molecule has 27 heavy (non-hydrogen) atoms. The molecular formula is C18H18N2O6S. The summed E-state index contributed by atoms with van der Waals surface area (Å²) < 4.78 is 9.97. The minimum atomic E-state index is -0.643. The molecule has 0 unspecified atom stereocenters. The van der Waals surface area contributed by atoms with Crippen LogP contribution in [0.4, 0.5) is 11.4 Å². The van der Waals surface area contributed by atoms with Gasteiger partial charge in [0.15, 0.2) is 6.61 Å². The lowest BCUT2D eigenvalue weighted by molar-refractivity contribution is -0.384. The number of amides is 1. The van der Waals surface area contributed by atoms with Crippen LogP contribution in [0.25, 0.3) is 0 Å². The molecule has 0 atom stereocenters. The molecule has 0 bridgehead atoms. The van der Waals surface area contributed by atoms with E-state index < -0.39 is 23.4 Å². The number of nitro benzene ring substituents is 1. The van der Waals surface area contributed by atoms with E-state index in [4.69, 9.17) is 9.47 Å². The lowest BCUT2D eigenvalue weighted by Gasteiger charge is -2.09. The number of benzene rings is 2. The third-order valence-corrected chi connectivity index (χ3v) is 4.48. The second-order valence-corrected chi connectivity index (χ2v) is 6.45. The maximum Gasteiger partial charge on any atom is 0.316 e. The quantitative estimate of drug-likeness (QED) is 0.319. The van der Waals surface area contributed by atoms with E-state index in [1.54, 1.807) is 44.4 Å². The number of aryl methyl sites for hydroxylation is 1. The summed E-state index contributed by atoms with van der Waals surface area (Å²) in [5, 5.41) is 13.5. The van der Waals surface area contributed by atoms with Crippen molar-refractivity contribution in [3.63, 3.8) is 0 Å². The van der Waals surface area contributed by atoms with Crippen molar-refractivity contribution in [1.82, 2.24) is 0 Å². The Bertz CT molecular complexity index is 838. The van der Waals surface area contributed by atoms with Gasteiger partial charge in [0.25, 0.3) is 11.6 Å². The van der Waals surface area contributed by atoms with Crippen molar-refractivity contribution in [1.29, 1.82) is 0 Å². The number of nitrogens with one attached hydrogen (secondary N) is 1. The molecule has 0 aliphatic heterocycles. The average Bonchev–Trinajstić information content (AvgIpc) is 2.66. The number of ether oxygens (including phenoxy) is 2. The smallest absolute Gasteiger partial charge is 0.316 e. The van der Waals surface area contributed by atoms with Crippen molar-refractivity contribution >= 4 is 35.0 Å². The third-order valence-electron chi connectivity index (χ3n) is 3.49. The number of methoxy groups -OCH3 is 1. The van der Waals surface area contributed by atoms with Crippen LogP contribution in [0, 0.1) is 17.0 Å². The van der Waals surface area contributed by atoms with Gasteiger partial charge in [0.05, 0.1) is 17.8 Å². The van der Waals surface area contributed by atoms with Crippen LogP contribution >= 0.6 is 11.8 Å². The first-order valence-corrected chi connectivity index (χ1v) is 8.85. The Morgan fingerprint density at radius 3 is 2.52 bits per heavy atom. The Kier molecular flexibility index (Phi) is 7.18. The SMILES string of the molecule is COc1ccc(SCC(=O)OCC(=O)Nc2c(C)cccc2[N+](=O)[O-])cc1. The summed E-state index contributed by atoms with van der Waals surface area (Å²) >= 11 is 1.26. The topological polar surface area (TPSA) is 108 Å². The molecule has 0 heterocycles. The molecule has 0 saturated heterocycles. The van der Waals surface area contributed by atoms with Crippen molar-refractivity contribution < 1.29 is 24.0 Å². The first-order chi connectivity index (χ1) is 12.9. The zero-order chi connectivity index (χ0) is 19.8. The minimum Gasteiger partial charge on any atom is -0.497 e. The number of anilines is 1. The Labute approximate surface area is 160 Å². The number of hydrogen-bond donors (Lipinski definition) is 1. The molecule has 9 heteroatoms.